The van der Waals surface area contributed by atoms with Gasteiger partial charge in [-0.2, -0.15) is 0 Å². The zero-order chi connectivity index (χ0) is 35.5. The lowest BCUT2D eigenvalue weighted by atomic mass is 9.85. The summed E-state index contributed by atoms with van der Waals surface area (Å²) < 4.78 is 1.79. The van der Waals surface area contributed by atoms with Crippen LogP contribution in [0.1, 0.15) is 109 Å². The third-order valence-electron chi connectivity index (χ3n) is 17.3. The van der Waals surface area contributed by atoms with E-state index in [0.29, 0.717) is 20.9 Å². The molecule has 0 bridgehead atoms. The fraction of sp³-hybridized carbons (Fsp3) is 1.00. The molecule has 0 aromatic carbocycles. The van der Waals surface area contributed by atoms with E-state index < -0.39 is 65.9 Å². The Morgan fingerprint density at radius 3 is 0.911 bits per heavy atom. The van der Waals surface area contributed by atoms with Gasteiger partial charge in [0.15, 0.2) is 0 Å². The molecule has 3 spiro atoms. The van der Waals surface area contributed by atoms with Crippen molar-refractivity contribution in [2.24, 2.45) is 10.8 Å². The second kappa shape index (κ2) is 8.93. The predicted octanol–water partition coefficient (Wildman–Crippen LogP) is 12.8. The van der Waals surface area contributed by atoms with Crippen LogP contribution in [0.15, 0.2) is 0 Å². The van der Waals surface area contributed by atoms with E-state index in [4.69, 9.17) is 0 Å². The average molecular weight is 768 g/mol. The van der Waals surface area contributed by atoms with E-state index in [1.165, 1.54) is 0 Å². The number of fused-ring (bicyclic) bond motifs is 3. The summed E-state index contributed by atoms with van der Waals surface area (Å²) in [5.74, 6) is 0. The quantitative estimate of drug-likeness (QED) is 0.250. The predicted molar refractivity (Wildman–Crippen MR) is 232 cm³/mol. The van der Waals surface area contributed by atoms with Gasteiger partial charge in [0.2, 0.25) is 0 Å². The van der Waals surface area contributed by atoms with Gasteiger partial charge in [0.1, 0.15) is 0 Å². The van der Waals surface area contributed by atoms with Crippen LogP contribution in [0.2, 0.25) is 108 Å². The molecule has 5 rings (SSSR count). The maximum absolute atomic E-state index is 3.01. The van der Waals surface area contributed by atoms with Crippen LogP contribution in [0.4, 0.5) is 0 Å². The number of hydrogen-bond acceptors (Lipinski definition) is 0. The summed E-state index contributed by atoms with van der Waals surface area (Å²) >= 11 is 0. The van der Waals surface area contributed by atoms with Gasteiger partial charge in [0, 0.05) is 65.9 Å². The summed E-state index contributed by atoms with van der Waals surface area (Å²) in [4.78, 5) is 0. The van der Waals surface area contributed by atoms with Gasteiger partial charge in [-0.25, -0.2) is 0 Å². The average Bonchev–Trinajstić information content (AvgIpc) is 3.47. The molecule has 0 amide bonds. The molecule has 0 nitrogen and oxygen atoms in total. The summed E-state index contributed by atoms with van der Waals surface area (Å²) in [5, 5.41) is 1.33. The van der Waals surface area contributed by atoms with Gasteiger partial charge in [-0.3, -0.25) is 0 Å². The highest BCUT2D eigenvalue weighted by Crippen LogP contribution is 3.14. The number of rotatable bonds is 4. The Morgan fingerprint density at radius 1 is 0.444 bits per heavy atom. The molecule has 0 radical (unpaired) electrons. The monoisotopic (exact) mass is 766 g/mol. The van der Waals surface area contributed by atoms with Crippen molar-refractivity contribution >= 4 is 65.9 Å². The van der Waals surface area contributed by atoms with Crippen molar-refractivity contribution in [3.63, 3.8) is 0 Å². The summed E-state index contributed by atoms with van der Waals surface area (Å²) in [5.41, 5.74) is 3.35. The Labute approximate surface area is 291 Å². The standard InChI is InChI=1S/C36H82Si9/c1-31(2,3)29-25-26-30(32(4,5)6)41(29)43(33(7,8)9)44(34(10,11)12)42(45(41,43)44)35(37(13,14)15,38(16,17)18)27-28-36(42,39(19,20)21)40(22,23)24/h29-30H,25-28H2,1-24H3. The molecule has 5 fully saturated rings. The zero-order valence-corrected chi connectivity index (χ0v) is 44.5. The fourth-order valence-electron chi connectivity index (χ4n) is 19.2. The first kappa shape index (κ1) is 38.2. The lowest BCUT2D eigenvalue weighted by Crippen LogP contribution is -2.81. The minimum absolute atomic E-state index is 0.517. The fourth-order valence-corrected chi connectivity index (χ4v) is 580. The largest absolute Gasteiger partial charge is 0.0696 e. The van der Waals surface area contributed by atoms with Crippen LogP contribution in [-0.2, 0) is 0 Å². The molecule has 0 N–H and O–H groups in total. The van der Waals surface area contributed by atoms with Crippen molar-refractivity contribution in [2.75, 3.05) is 0 Å². The van der Waals surface area contributed by atoms with Crippen LogP contribution in [0.25, 0.3) is 0 Å². The van der Waals surface area contributed by atoms with Gasteiger partial charge < -0.3 is 0 Å². The first-order valence-corrected chi connectivity index (χ1v) is 50.6. The highest BCUT2D eigenvalue weighted by Gasteiger charge is 3.38. The van der Waals surface area contributed by atoms with Crippen molar-refractivity contribution < 1.29 is 0 Å². The van der Waals surface area contributed by atoms with Crippen LogP contribution in [0, 0.1) is 10.8 Å². The molecule has 5 atom stereocenters. The summed E-state index contributed by atoms with van der Waals surface area (Å²) in [7, 11) is -9.13. The molecule has 45 heavy (non-hydrogen) atoms. The Hall–Kier alpha value is 1.95. The van der Waals surface area contributed by atoms with E-state index in [9.17, 15) is 0 Å². The Morgan fingerprint density at radius 2 is 0.711 bits per heavy atom. The molecule has 5 unspecified atom stereocenters. The van der Waals surface area contributed by atoms with Crippen molar-refractivity contribution in [3.8, 4) is 0 Å². The Kier molecular flexibility index (Phi) is 7.58. The van der Waals surface area contributed by atoms with Crippen molar-refractivity contribution in [3.05, 3.63) is 0 Å². The molecule has 0 aliphatic carbocycles. The van der Waals surface area contributed by atoms with Crippen LogP contribution >= 0.6 is 0 Å². The first-order chi connectivity index (χ1) is 19.4. The van der Waals surface area contributed by atoms with Crippen LogP contribution < -0.4 is 0 Å². The highest BCUT2D eigenvalue weighted by atomic mass is 31.1. The second-order valence-corrected chi connectivity index (χ2v) is 117. The molecule has 0 aromatic heterocycles. The summed E-state index contributed by atoms with van der Waals surface area (Å²) in [6.07, 6.45) is 5.34. The SMILES string of the molecule is CC(C)(C)C1CCC(C(C)(C)C)[Si]12[Si]1(C(C)(C)C)[Si]3(C(C)(C)C)[Si]4(C([Si](C)(C)C)([Si](C)(C)C)CCC4([Si](C)(C)C)[Si](C)(C)C)[Si]213. The minimum Gasteiger partial charge on any atom is -0.0696 e. The third-order valence-corrected chi connectivity index (χ3v) is 244. The highest BCUT2D eigenvalue weighted by molar-refractivity contribution is 8.86. The normalized spacial score (nSPS) is 40.5. The lowest BCUT2D eigenvalue weighted by Gasteiger charge is -2.68. The van der Waals surface area contributed by atoms with E-state index in [1.54, 1.807) is 25.7 Å². The van der Waals surface area contributed by atoms with Crippen molar-refractivity contribution in [2.45, 2.75) is 217 Å². The second-order valence-electron chi connectivity index (χ2n) is 26.1. The lowest BCUT2D eigenvalue weighted by molar-refractivity contribution is 0.356. The van der Waals surface area contributed by atoms with Gasteiger partial charge >= 0.3 is 0 Å². The van der Waals surface area contributed by atoms with E-state index in [-0.39, 0.29) is 0 Å². The zero-order valence-electron chi connectivity index (χ0n) is 35.5. The summed E-state index contributed by atoms with van der Waals surface area (Å²) in [6, 6.07) is 0. The molecule has 9 heteroatoms. The van der Waals surface area contributed by atoms with Crippen molar-refractivity contribution in [1.29, 1.82) is 0 Å². The number of hydrogen-bond donors (Lipinski definition) is 0. The molecule has 5 aliphatic heterocycles. The molecular weight excluding hydrogens is 685 g/mol. The molecule has 0 aromatic rings. The minimum atomic E-state index is -1.65. The molecular formula is C36H82Si9. The van der Waals surface area contributed by atoms with Gasteiger partial charge in [-0.15, -0.1) is 0 Å². The van der Waals surface area contributed by atoms with Gasteiger partial charge in [0.05, 0.1) is 0 Å². The smallest absolute Gasteiger partial charge is 0.0447 e. The third kappa shape index (κ3) is 3.18. The summed E-state index contributed by atoms with van der Waals surface area (Å²) in [6.45, 7) is 67.7. The molecule has 5 saturated heterocycles. The van der Waals surface area contributed by atoms with E-state index >= 15 is 0 Å². The van der Waals surface area contributed by atoms with E-state index in [0.717, 1.165) is 19.7 Å². The van der Waals surface area contributed by atoms with Gasteiger partial charge in [0.25, 0.3) is 0 Å². The Balaban J connectivity index is 2.13. The maximum Gasteiger partial charge on any atom is 0.0447 e. The van der Waals surface area contributed by atoms with Gasteiger partial charge in [-0.05, 0) is 40.6 Å². The van der Waals surface area contributed by atoms with E-state index in [1.807, 2.05) is 0 Å². The van der Waals surface area contributed by atoms with Gasteiger partial charge in [-0.1, -0.05) is 187 Å². The van der Waals surface area contributed by atoms with Crippen LogP contribution in [-0.4, -0.2) is 65.9 Å². The first-order valence-electron chi connectivity index (χ1n) is 19.4. The van der Waals surface area contributed by atoms with Crippen LogP contribution in [0.5, 0.6) is 0 Å². The van der Waals surface area contributed by atoms with E-state index in [2.05, 4.69) is 162 Å². The molecule has 5 heterocycles. The topological polar surface area (TPSA) is 0 Å². The van der Waals surface area contributed by atoms with Crippen LogP contribution in [0.3, 0.4) is 0 Å². The molecule has 0 saturated carbocycles. The maximum atomic E-state index is 3.01. The van der Waals surface area contributed by atoms with Crippen molar-refractivity contribution in [1.82, 2.24) is 0 Å². The molecule has 5 aliphatic rings. The molecule has 262 valence electrons. The Bertz CT molecular complexity index is 1190.